The maximum Gasteiger partial charge on any atom is 0.337 e. The summed E-state index contributed by atoms with van der Waals surface area (Å²) in [4.78, 5) is 11.1. The summed E-state index contributed by atoms with van der Waals surface area (Å²) in [5, 5.41) is 12.2. The van der Waals surface area contributed by atoms with E-state index in [4.69, 9.17) is 9.84 Å². The van der Waals surface area contributed by atoms with Crippen LogP contribution >= 0.6 is 0 Å². The molecule has 21 heavy (non-hydrogen) atoms. The smallest absolute Gasteiger partial charge is 0.337 e. The summed E-state index contributed by atoms with van der Waals surface area (Å²) in [6, 6.07) is 12.9. The minimum Gasteiger partial charge on any atom is -0.491 e. The van der Waals surface area contributed by atoms with Gasteiger partial charge >= 0.3 is 5.97 Å². The summed E-state index contributed by atoms with van der Waals surface area (Å²) in [5.41, 5.74) is 3.07. The second kappa shape index (κ2) is 6.79. The van der Waals surface area contributed by atoms with E-state index in [-0.39, 0.29) is 5.56 Å². The number of aryl methyl sites for hydroxylation is 2. The Bertz CT molecular complexity index is 617. The standard InChI is InChI=1S/C17H19NO3/c1-12-6-5-7-13(2)16(12)21-11-10-18-15-9-4-3-8-14(15)17(19)20/h3-9,18H,10-11H2,1-2H3,(H,19,20). The predicted molar refractivity (Wildman–Crippen MR) is 83.3 cm³/mol. The van der Waals surface area contributed by atoms with Crippen LogP contribution in [-0.4, -0.2) is 24.2 Å². The molecule has 0 bridgehead atoms. The van der Waals surface area contributed by atoms with Gasteiger partial charge in [0.2, 0.25) is 0 Å². The van der Waals surface area contributed by atoms with Gasteiger partial charge in [0.25, 0.3) is 0 Å². The van der Waals surface area contributed by atoms with Gasteiger partial charge in [-0.25, -0.2) is 4.79 Å². The van der Waals surface area contributed by atoms with Crippen LogP contribution in [0.15, 0.2) is 42.5 Å². The lowest BCUT2D eigenvalue weighted by Gasteiger charge is -2.13. The van der Waals surface area contributed by atoms with Crippen LogP contribution in [0.25, 0.3) is 0 Å². The largest absolute Gasteiger partial charge is 0.491 e. The van der Waals surface area contributed by atoms with Crippen LogP contribution in [0.5, 0.6) is 5.75 Å². The zero-order chi connectivity index (χ0) is 15.2. The second-order valence-electron chi connectivity index (χ2n) is 4.85. The summed E-state index contributed by atoms with van der Waals surface area (Å²) in [5.74, 6) is -0.0420. The lowest BCUT2D eigenvalue weighted by atomic mass is 10.1. The number of carbonyl (C=O) groups is 1. The molecular weight excluding hydrogens is 266 g/mol. The molecule has 0 radical (unpaired) electrons. The van der Waals surface area contributed by atoms with E-state index >= 15 is 0 Å². The van der Waals surface area contributed by atoms with Crippen LogP contribution < -0.4 is 10.1 Å². The summed E-state index contributed by atoms with van der Waals surface area (Å²) in [7, 11) is 0. The molecule has 2 aromatic rings. The molecule has 0 spiro atoms. The van der Waals surface area contributed by atoms with Crippen LogP contribution in [0.1, 0.15) is 21.5 Å². The first-order valence-electron chi connectivity index (χ1n) is 6.85. The van der Waals surface area contributed by atoms with Gasteiger partial charge < -0.3 is 15.2 Å². The number of hydrogen-bond acceptors (Lipinski definition) is 3. The van der Waals surface area contributed by atoms with Gasteiger partial charge in [0.15, 0.2) is 0 Å². The van der Waals surface area contributed by atoms with Crippen LogP contribution in [0.3, 0.4) is 0 Å². The molecule has 4 nitrogen and oxygen atoms in total. The number of benzene rings is 2. The van der Waals surface area contributed by atoms with Gasteiger partial charge in [-0.05, 0) is 37.1 Å². The molecule has 110 valence electrons. The Morgan fingerprint density at radius 2 is 1.76 bits per heavy atom. The number of rotatable bonds is 6. The highest BCUT2D eigenvalue weighted by Crippen LogP contribution is 2.22. The van der Waals surface area contributed by atoms with Crippen LogP contribution in [0.4, 0.5) is 5.69 Å². The minimum absolute atomic E-state index is 0.268. The van der Waals surface area contributed by atoms with Crippen molar-refractivity contribution >= 4 is 11.7 Å². The number of nitrogens with one attached hydrogen (secondary N) is 1. The van der Waals surface area contributed by atoms with Gasteiger partial charge in [-0.2, -0.15) is 0 Å². The molecule has 0 unspecified atom stereocenters. The van der Waals surface area contributed by atoms with E-state index in [0.717, 1.165) is 16.9 Å². The Morgan fingerprint density at radius 1 is 1.10 bits per heavy atom. The lowest BCUT2D eigenvalue weighted by Crippen LogP contribution is -2.14. The highest BCUT2D eigenvalue weighted by Gasteiger charge is 2.08. The molecule has 0 saturated carbocycles. The summed E-state index contributed by atoms with van der Waals surface area (Å²) in [6.45, 7) is 5.03. The SMILES string of the molecule is Cc1cccc(C)c1OCCNc1ccccc1C(=O)O. The number of anilines is 1. The first kappa shape index (κ1) is 14.9. The third-order valence-electron chi connectivity index (χ3n) is 3.23. The van der Waals surface area contributed by atoms with Crippen molar-refractivity contribution in [1.82, 2.24) is 0 Å². The number of aromatic carboxylic acids is 1. The first-order chi connectivity index (χ1) is 10.1. The molecule has 2 rings (SSSR count). The van der Waals surface area contributed by atoms with E-state index in [2.05, 4.69) is 5.32 Å². The van der Waals surface area contributed by atoms with E-state index in [0.29, 0.717) is 18.8 Å². The number of hydrogen-bond donors (Lipinski definition) is 2. The van der Waals surface area contributed by atoms with Crippen molar-refractivity contribution < 1.29 is 14.6 Å². The highest BCUT2D eigenvalue weighted by molar-refractivity contribution is 5.94. The van der Waals surface area contributed by atoms with Gasteiger partial charge in [-0.1, -0.05) is 30.3 Å². The Labute approximate surface area is 124 Å². The van der Waals surface area contributed by atoms with Crippen molar-refractivity contribution in [2.45, 2.75) is 13.8 Å². The van der Waals surface area contributed by atoms with Crippen LogP contribution in [0, 0.1) is 13.8 Å². The molecule has 0 atom stereocenters. The van der Waals surface area contributed by atoms with Crippen molar-refractivity contribution in [1.29, 1.82) is 0 Å². The molecule has 0 saturated heterocycles. The van der Waals surface area contributed by atoms with E-state index in [9.17, 15) is 4.79 Å². The molecule has 2 aromatic carbocycles. The molecule has 0 aliphatic heterocycles. The maximum atomic E-state index is 11.1. The molecule has 0 amide bonds. The molecule has 0 aliphatic rings. The second-order valence-corrected chi connectivity index (χ2v) is 4.85. The van der Waals surface area contributed by atoms with E-state index in [1.54, 1.807) is 24.3 Å². The molecule has 0 aliphatic carbocycles. The number of carboxylic acids is 1. The molecule has 0 aromatic heterocycles. The third-order valence-corrected chi connectivity index (χ3v) is 3.23. The predicted octanol–water partition coefficient (Wildman–Crippen LogP) is 3.49. The normalized spacial score (nSPS) is 10.2. The average molecular weight is 285 g/mol. The van der Waals surface area contributed by atoms with Gasteiger partial charge in [0.1, 0.15) is 12.4 Å². The topological polar surface area (TPSA) is 58.6 Å². The lowest BCUT2D eigenvalue weighted by molar-refractivity contribution is 0.0698. The zero-order valence-corrected chi connectivity index (χ0v) is 12.2. The van der Waals surface area contributed by atoms with Gasteiger partial charge in [0.05, 0.1) is 5.56 Å². The molecule has 0 fully saturated rings. The molecule has 2 N–H and O–H groups in total. The number of carboxylic acid groups (broad SMARTS) is 1. The third kappa shape index (κ3) is 3.75. The van der Waals surface area contributed by atoms with Crippen LogP contribution in [-0.2, 0) is 0 Å². The number of para-hydroxylation sites is 2. The Kier molecular flexibility index (Phi) is 4.82. The Morgan fingerprint density at radius 3 is 2.43 bits per heavy atom. The van der Waals surface area contributed by atoms with Gasteiger partial charge in [-0.3, -0.25) is 0 Å². The van der Waals surface area contributed by atoms with E-state index in [1.807, 2.05) is 32.0 Å². The monoisotopic (exact) mass is 285 g/mol. The Balaban J connectivity index is 1.92. The van der Waals surface area contributed by atoms with E-state index in [1.165, 1.54) is 0 Å². The quantitative estimate of drug-likeness (QED) is 0.798. The van der Waals surface area contributed by atoms with Gasteiger partial charge in [-0.15, -0.1) is 0 Å². The fraction of sp³-hybridized carbons (Fsp3) is 0.235. The molecular formula is C17H19NO3. The maximum absolute atomic E-state index is 11.1. The first-order valence-corrected chi connectivity index (χ1v) is 6.85. The number of ether oxygens (including phenoxy) is 1. The van der Waals surface area contributed by atoms with Crippen molar-refractivity contribution in [3.05, 3.63) is 59.2 Å². The zero-order valence-electron chi connectivity index (χ0n) is 12.2. The van der Waals surface area contributed by atoms with Crippen molar-refractivity contribution in [2.24, 2.45) is 0 Å². The van der Waals surface area contributed by atoms with Crippen molar-refractivity contribution in [3.63, 3.8) is 0 Å². The van der Waals surface area contributed by atoms with Crippen molar-refractivity contribution in [2.75, 3.05) is 18.5 Å². The molecule has 4 heteroatoms. The average Bonchev–Trinajstić information content (AvgIpc) is 2.46. The minimum atomic E-state index is -0.936. The fourth-order valence-corrected chi connectivity index (χ4v) is 2.19. The summed E-state index contributed by atoms with van der Waals surface area (Å²) >= 11 is 0. The van der Waals surface area contributed by atoms with E-state index < -0.39 is 5.97 Å². The Hall–Kier alpha value is -2.49. The highest BCUT2D eigenvalue weighted by atomic mass is 16.5. The molecule has 0 heterocycles. The van der Waals surface area contributed by atoms with Crippen LogP contribution in [0.2, 0.25) is 0 Å². The summed E-state index contributed by atoms with van der Waals surface area (Å²) in [6.07, 6.45) is 0. The van der Waals surface area contributed by atoms with Gasteiger partial charge in [0, 0.05) is 12.2 Å². The van der Waals surface area contributed by atoms with Crippen molar-refractivity contribution in [3.8, 4) is 5.75 Å². The summed E-state index contributed by atoms with van der Waals surface area (Å²) < 4.78 is 5.78. The fourth-order valence-electron chi connectivity index (χ4n) is 2.19.